The topological polar surface area (TPSA) is 128 Å². The first kappa shape index (κ1) is 23.2. The molecule has 0 spiro atoms. The van der Waals surface area contributed by atoms with Crippen LogP contribution >= 0.6 is 0 Å². The maximum absolute atomic E-state index is 12.9. The molecule has 2 amide bonds. The Morgan fingerprint density at radius 1 is 1.00 bits per heavy atom. The lowest BCUT2D eigenvalue weighted by Crippen LogP contribution is -2.34. The van der Waals surface area contributed by atoms with Gasteiger partial charge in [-0.05, 0) is 49.4 Å². The molecular weight excluding hydrogens is 450 g/mol. The second-order valence-corrected chi connectivity index (χ2v) is 7.62. The number of hydrogen-bond donors (Lipinski definition) is 2. The minimum Gasteiger partial charge on any atom is -0.467 e. The van der Waals surface area contributed by atoms with Crippen molar-refractivity contribution < 1.29 is 23.3 Å². The van der Waals surface area contributed by atoms with Gasteiger partial charge < -0.3 is 19.5 Å². The van der Waals surface area contributed by atoms with Crippen molar-refractivity contribution >= 4 is 23.6 Å². The van der Waals surface area contributed by atoms with Gasteiger partial charge in [-0.1, -0.05) is 29.8 Å². The van der Waals surface area contributed by atoms with Crippen LogP contribution in [0.1, 0.15) is 27.4 Å². The molecule has 2 heterocycles. The van der Waals surface area contributed by atoms with E-state index in [0.29, 0.717) is 16.9 Å². The monoisotopic (exact) mass is 471 g/mol. The highest BCUT2D eigenvalue weighted by atomic mass is 16.6. The summed E-state index contributed by atoms with van der Waals surface area (Å²) in [7, 11) is 0. The molecule has 4 rings (SSSR count). The summed E-state index contributed by atoms with van der Waals surface area (Å²) in [6.45, 7) is 2.02. The fourth-order valence-electron chi connectivity index (χ4n) is 3.29. The summed E-state index contributed by atoms with van der Waals surface area (Å²) in [5.41, 5.74) is 1.49. The molecule has 0 aliphatic rings. The molecule has 0 saturated heterocycles. The van der Waals surface area contributed by atoms with Crippen molar-refractivity contribution in [2.45, 2.75) is 13.5 Å². The van der Waals surface area contributed by atoms with Gasteiger partial charge in [0.1, 0.15) is 23.0 Å². The summed E-state index contributed by atoms with van der Waals surface area (Å²) in [5, 5.41) is 16.7. The molecule has 0 bridgehead atoms. The van der Waals surface area contributed by atoms with Crippen molar-refractivity contribution in [2.75, 3.05) is 0 Å². The van der Waals surface area contributed by atoms with E-state index in [0.717, 1.165) is 5.56 Å². The highest BCUT2D eigenvalue weighted by Gasteiger charge is 2.19. The number of furan rings is 2. The lowest BCUT2D eigenvalue weighted by atomic mass is 10.1. The van der Waals surface area contributed by atoms with Crippen LogP contribution in [0.25, 0.3) is 17.4 Å². The van der Waals surface area contributed by atoms with Crippen LogP contribution in [0.2, 0.25) is 0 Å². The third kappa shape index (κ3) is 5.72. The first-order valence-electron chi connectivity index (χ1n) is 10.6. The predicted molar refractivity (Wildman–Crippen MR) is 128 cm³/mol. The maximum Gasteiger partial charge on any atom is 0.280 e. The Balaban J connectivity index is 1.62. The molecule has 2 aromatic carbocycles. The number of nitrogens with one attached hydrogen (secondary N) is 2. The second-order valence-electron chi connectivity index (χ2n) is 7.62. The summed E-state index contributed by atoms with van der Waals surface area (Å²) in [5.74, 6) is -0.0196. The normalized spacial score (nSPS) is 11.2. The molecule has 9 heteroatoms. The summed E-state index contributed by atoms with van der Waals surface area (Å²) >= 11 is 0. The number of aryl methyl sites for hydroxylation is 1. The van der Waals surface area contributed by atoms with Crippen LogP contribution in [0, 0.1) is 17.0 Å². The first-order valence-corrected chi connectivity index (χ1v) is 10.6. The van der Waals surface area contributed by atoms with Gasteiger partial charge in [0.15, 0.2) is 0 Å². The van der Waals surface area contributed by atoms with Gasteiger partial charge in [0.25, 0.3) is 17.5 Å². The van der Waals surface area contributed by atoms with Crippen LogP contribution in [0.5, 0.6) is 0 Å². The van der Waals surface area contributed by atoms with E-state index < -0.39 is 16.7 Å². The first-order chi connectivity index (χ1) is 16.9. The average molecular weight is 471 g/mol. The van der Waals surface area contributed by atoms with Gasteiger partial charge in [-0.2, -0.15) is 0 Å². The van der Waals surface area contributed by atoms with E-state index in [4.69, 9.17) is 8.83 Å². The van der Waals surface area contributed by atoms with Crippen LogP contribution in [-0.4, -0.2) is 16.7 Å². The molecule has 0 aliphatic heterocycles. The molecule has 2 aromatic heterocycles. The molecule has 176 valence electrons. The Kier molecular flexibility index (Phi) is 6.87. The molecule has 0 radical (unpaired) electrons. The van der Waals surface area contributed by atoms with Crippen molar-refractivity contribution in [3.05, 3.63) is 118 Å². The van der Waals surface area contributed by atoms with E-state index in [1.165, 1.54) is 18.4 Å². The quantitative estimate of drug-likeness (QED) is 0.215. The SMILES string of the molecule is Cc1ccc(C(=O)N/C(=C\c2ccc(-c3ccccc3[N+](=O)[O-])o2)C(=O)NCc2ccco2)cc1. The van der Waals surface area contributed by atoms with Gasteiger partial charge in [-0.3, -0.25) is 19.7 Å². The Morgan fingerprint density at radius 3 is 2.49 bits per heavy atom. The maximum atomic E-state index is 12.9. The summed E-state index contributed by atoms with van der Waals surface area (Å²) in [6, 6.07) is 19.6. The Bertz CT molecular complexity index is 1380. The number of nitro benzene ring substituents is 1. The van der Waals surface area contributed by atoms with E-state index in [1.54, 1.807) is 66.7 Å². The molecule has 35 heavy (non-hydrogen) atoms. The number of hydrogen-bond acceptors (Lipinski definition) is 6. The second kappa shape index (κ2) is 10.3. The smallest absolute Gasteiger partial charge is 0.280 e. The van der Waals surface area contributed by atoms with E-state index in [2.05, 4.69) is 10.6 Å². The minimum absolute atomic E-state index is 0.0643. The highest BCUT2D eigenvalue weighted by Crippen LogP contribution is 2.31. The van der Waals surface area contributed by atoms with Gasteiger partial charge in [-0.25, -0.2) is 0 Å². The highest BCUT2D eigenvalue weighted by molar-refractivity contribution is 6.05. The molecular formula is C26H21N3O6. The van der Waals surface area contributed by atoms with Crippen LogP contribution in [-0.2, 0) is 11.3 Å². The van der Waals surface area contributed by atoms with Gasteiger partial charge >= 0.3 is 0 Å². The van der Waals surface area contributed by atoms with Crippen LogP contribution in [0.3, 0.4) is 0 Å². The molecule has 9 nitrogen and oxygen atoms in total. The van der Waals surface area contributed by atoms with Gasteiger partial charge in [0, 0.05) is 17.7 Å². The van der Waals surface area contributed by atoms with E-state index >= 15 is 0 Å². The molecule has 0 aliphatic carbocycles. The summed E-state index contributed by atoms with van der Waals surface area (Å²) in [4.78, 5) is 36.6. The Labute approximate surface area is 200 Å². The van der Waals surface area contributed by atoms with Crippen molar-refractivity contribution in [3.63, 3.8) is 0 Å². The standard InChI is InChI=1S/C26H21N3O6/c1-17-8-10-18(11-9-17)25(30)28-22(26(31)27-16-20-5-4-14-34-20)15-19-12-13-24(35-19)21-6-2-3-7-23(21)29(32)33/h2-15H,16H2,1H3,(H,27,31)(H,28,30)/b22-15-. The number of carbonyl (C=O) groups is 2. The number of rotatable bonds is 8. The number of nitro groups is 1. The number of carbonyl (C=O) groups excluding carboxylic acids is 2. The fraction of sp³-hybridized carbons (Fsp3) is 0.0769. The van der Waals surface area contributed by atoms with Crippen molar-refractivity contribution in [2.24, 2.45) is 0 Å². The number of nitrogens with zero attached hydrogens (tertiary/aromatic N) is 1. The lowest BCUT2D eigenvalue weighted by Gasteiger charge is -2.10. The van der Waals surface area contributed by atoms with Gasteiger partial charge in [0.2, 0.25) is 0 Å². The van der Waals surface area contributed by atoms with Crippen LogP contribution < -0.4 is 10.6 Å². The zero-order valence-electron chi connectivity index (χ0n) is 18.7. The molecule has 0 fully saturated rings. The molecule has 4 aromatic rings. The predicted octanol–water partition coefficient (Wildman–Crippen LogP) is 4.84. The molecule has 0 atom stereocenters. The largest absolute Gasteiger partial charge is 0.467 e. The fourth-order valence-corrected chi connectivity index (χ4v) is 3.29. The van der Waals surface area contributed by atoms with Crippen molar-refractivity contribution in [1.82, 2.24) is 10.6 Å². The third-order valence-electron chi connectivity index (χ3n) is 5.09. The van der Waals surface area contributed by atoms with E-state index in [-0.39, 0.29) is 29.4 Å². The van der Waals surface area contributed by atoms with Crippen molar-refractivity contribution in [1.29, 1.82) is 0 Å². The lowest BCUT2D eigenvalue weighted by molar-refractivity contribution is -0.384. The third-order valence-corrected chi connectivity index (χ3v) is 5.09. The summed E-state index contributed by atoms with van der Waals surface area (Å²) < 4.78 is 11.0. The van der Waals surface area contributed by atoms with Gasteiger partial charge in [-0.15, -0.1) is 0 Å². The zero-order chi connectivity index (χ0) is 24.8. The van der Waals surface area contributed by atoms with E-state index in [9.17, 15) is 19.7 Å². The van der Waals surface area contributed by atoms with Gasteiger partial charge in [0.05, 0.1) is 23.3 Å². The Hall–Kier alpha value is -4.92. The number of benzene rings is 2. The number of amides is 2. The van der Waals surface area contributed by atoms with E-state index in [1.807, 2.05) is 6.92 Å². The van der Waals surface area contributed by atoms with Crippen molar-refractivity contribution in [3.8, 4) is 11.3 Å². The average Bonchev–Trinajstić information content (AvgIpc) is 3.55. The van der Waals surface area contributed by atoms with Crippen LogP contribution in [0.15, 0.2) is 93.6 Å². The summed E-state index contributed by atoms with van der Waals surface area (Å²) in [6.07, 6.45) is 2.85. The minimum atomic E-state index is -0.564. The Morgan fingerprint density at radius 2 is 1.77 bits per heavy atom. The molecule has 0 saturated carbocycles. The molecule has 0 unspecified atom stereocenters. The molecule has 2 N–H and O–H groups in total. The number of para-hydroxylation sites is 1. The zero-order valence-corrected chi connectivity index (χ0v) is 18.7. The van der Waals surface area contributed by atoms with Crippen LogP contribution in [0.4, 0.5) is 5.69 Å².